The Kier molecular flexibility index (Phi) is 10.3. The fourth-order valence-electron chi connectivity index (χ4n) is 3.03. The van der Waals surface area contributed by atoms with Crippen LogP contribution in [0.1, 0.15) is 51.2 Å². The highest BCUT2D eigenvalue weighted by Gasteiger charge is 2.27. The molecule has 0 saturated heterocycles. The summed E-state index contributed by atoms with van der Waals surface area (Å²) < 4.78 is 6.56. The molecule has 2 aromatic carbocycles. The summed E-state index contributed by atoms with van der Waals surface area (Å²) in [6, 6.07) is 10.2. The lowest BCUT2D eigenvalue weighted by atomic mass is 10.0. The summed E-state index contributed by atoms with van der Waals surface area (Å²) in [5.74, 6) is 0.391. The van der Waals surface area contributed by atoms with Crippen molar-refractivity contribution in [1.29, 1.82) is 0 Å². The first-order valence-corrected chi connectivity index (χ1v) is 12.1. The highest BCUT2D eigenvalue weighted by atomic mass is 79.9. The van der Waals surface area contributed by atoms with Gasteiger partial charge in [-0.25, -0.2) is 0 Å². The maximum Gasteiger partial charge on any atom is 0.261 e. The molecule has 8 heteroatoms. The Labute approximate surface area is 208 Å². The van der Waals surface area contributed by atoms with Crippen LogP contribution in [0, 0.1) is 0 Å². The van der Waals surface area contributed by atoms with Gasteiger partial charge in [-0.15, -0.1) is 0 Å². The lowest BCUT2D eigenvalue weighted by Crippen LogP contribution is -2.49. The molecule has 0 aliphatic carbocycles. The third-order valence-corrected chi connectivity index (χ3v) is 6.25. The number of nitrogens with zero attached hydrogens (tertiary/aromatic N) is 1. The topological polar surface area (TPSA) is 58.6 Å². The summed E-state index contributed by atoms with van der Waals surface area (Å²) in [4.78, 5) is 27.2. The van der Waals surface area contributed by atoms with Gasteiger partial charge in [0, 0.05) is 23.1 Å². The van der Waals surface area contributed by atoms with Crippen molar-refractivity contribution in [2.24, 2.45) is 0 Å². The Balaban J connectivity index is 2.20. The maximum absolute atomic E-state index is 13.1. The lowest BCUT2D eigenvalue weighted by Gasteiger charge is -2.29. The normalized spacial score (nSPS) is 11.9. The third-order valence-electron chi connectivity index (χ3n) is 5.05. The van der Waals surface area contributed by atoms with E-state index in [1.54, 1.807) is 25.1 Å². The van der Waals surface area contributed by atoms with Gasteiger partial charge in [-0.1, -0.05) is 56.1 Å². The molecule has 0 radical (unpaired) electrons. The van der Waals surface area contributed by atoms with Crippen LogP contribution >= 0.6 is 39.1 Å². The summed E-state index contributed by atoms with van der Waals surface area (Å²) in [5.41, 5.74) is 1.86. The second-order valence-electron chi connectivity index (χ2n) is 7.86. The predicted octanol–water partition coefficient (Wildman–Crippen LogP) is 6.20. The molecule has 0 spiro atoms. The van der Waals surface area contributed by atoms with Crippen molar-refractivity contribution in [1.82, 2.24) is 10.2 Å². The number of hydrogen-bond acceptors (Lipinski definition) is 3. The van der Waals surface area contributed by atoms with E-state index in [0.29, 0.717) is 33.8 Å². The van der Waals surface area contributed by atoms with Crippen LogP contribution in [0.2, 0.25) is 10.0 Å². The van der Waals surface area contributed by atoms with Crippen LogP contribution in [0.15, 0.2) is 40.9 Å². The smallest absolute Gasteiger partial charge is 0.261 e. The number of halogens is 3. The van der Waals surface area contributed by atoms with Crippen molar-refractivity contribution >= 4 is 50.9 Å². The molecule has 0 aliphatic heterocycles. The fraction of sp³-hybridized carbons (Fsp3) is 0.417. The molecule has 174 valence electrons. The molecule has 2 rings (SSSR count). The first-order valence-electron chi connectivity index (χ1n) is 10.6. The highest BCUT2D eigenvalue weighted by molar-refractivity contribution is 9.10. The number of nitrogens with one attached hydrogen (secondary N) is 1. The molecule has 1 atom stereocenters. The van der Waals surface area contributed by atoms with Crippen molar-refractivity contribution in [3.05, 3.63) is 62.0 Å². The Morgan fingerprint density at radius 1 is 1.12 bits per heavy atom. The first-order chi connectivity index (χ1) is 15.1. The SMILES string of the molecule is CCCNC(=O)C(C)N(Cc1ccc(Cl)cc1Cl)C(=O)COc1ccc(C(C)C)cc1Br. The van der Waals surface area contributed by atoms with Gasteiger partial charge in [0.2, 0.25) is 5.91 Å². The van der Waals surface area contributed by atoms with Gasteiger partial charge in [-0.3, -0.25) is 9.59 Å². The zero-order chi connectivity index (χ0) is 23.8. The zero-order valence-electron chi connectivity index (χ0n) is 18.8. The Morgan fingerprint density at radius 2 is 1.84 bits per heavy atom. The van der Waals surface area contributed by atoms with E-state index in [2.05, 4.69) is 35.1 Å². The number of amides is 2. The van der Waals surface area contributed by atoms with Gasteiger partial charge in [0.1, 0.15) is 11.8 Å². The molecule has 32 heavy (non-hydrogen) atoms. The van der Waals surface area contributed by atoms with E-state index in [-0.39, 0.29) is 25.0 Å². The Morgan fingerprint density at radius 3 is 2.44 bits per heavy atom. The van der Waals surface area contributed by atoms with Crippen LogP contribution in [-0.2, 0) is 16.1 Å². The average Bonchev–Trinajstić information content (AvgIpc) is 2.75. The van der Waals surface area contributed by atoms with E-state index in [0.717, 1.165) is 16.5 Å². The predicted molar refractivity (Wildman–Crippen MR) is 134 cm³/mol. The molecule has 2 amide bonds. The van der Waals surface area contributed by atoms with Gasteiger partial charge in [-0.2, -0.15) is 0 Å². The molecule has 0 heterocycles. The minimum atomic E-state index is -0.698. The van der Waals surface area contributed by atoms with E-state index in [9.17, 15) is 9.59 Å². The quantitative estimate of drug-likeness (QED) is 0.388. The van der Waals surface area contributed by atoms with Crippen molar-refractivity contribution in [2.75, 3.05) is 13.2 Å². The van der Waals surface area contributed by atoms with Gasteiger partial charge in [0.25, 0.3) is 5.91 Å². The molecular weight excluding hydrogens is 515 g/mol. The number of ether oxygens (including phenoxy) is 1. The monoisotopic (exact) mass is 542 g/mol. The van der Waals surface area contributed by atoms with Crippen LogP contribution in [0.3, 0.4) is 0 Å². The van der Waals surface area contributed by atoms with Crippen LogP contribution in [0.4, 0.5) is 0 Å². The number of benzene rings is 2. The maximum atomic E-state index is 13.1. The Bertz CT molecular complexity index is 953. The fourth-order valence-corrected chi connectivity index (χ4v) is 4.01. The molecule has 0 saturated carbocycles. The van der Waals surface area contributed by atoms with Gasteiger partial charge in [-0.05, 0) is 70.6 Å². The summed E-state index contributed by atoms with van der Waals surface area (Å²) in [7, 11) is 0. The van der Waals surface area contributed by atoms with E-state index >= 15 is 0 Å². The molecule has 0 aromatic heterocycles. The van der Waals surface area contributed by atoms with E-state index < -0.39 is 6.04 Å². The van der Waals surface area contributed by atoms with Crippen molar-refractivity contribution in [3.63, 3.8) is 0 Å². The first kappa shape index (κ1) is 26.5. The minimum absolute atomic E-state index is 0.159. The number of rotatable bonds is 10. The summed E-state index contributed by atoms with van der Waals surface area (Å²) in [6.45, 7) is 8.37. The van der Waals surface area contributed by atoms with E-state index in [4.69, 9.17) is 27.9 Å². The van der Waals surface area contributed by atoms with Crippen LogP contribution in [-0.4, -0.2) is 35.9 Å². The molecule has 0 aliphatic rings. The van der Waals surface area contributed by atoms with Gasteiger partial charge in [0.15, 0.2) is 6.61 Å². The molecule has 1 unspecified atom stereocenters. The van der Waals surface area contributed by atoms with Gasteiger partial charge < -0.3 is 15.0 Å². The van der Waals surface area contributed by atoms with Crippen molar-refractivity contribution < 1.29 is 14.3 Å². The highest BCUT2D eigenvalue weighted by Crippen LogP contribution is 2.29. The molecule has 5 nitrogen and oxygen atoms in total. The molecular formula is C24H29BrCl2N2O3. The number of carbonyl (C=O) groups excluding carboxylic acids is 2. The standard InChI is InChI=1S/C24H29BrCl2N2O3/c1-5-10-28-24(31)16(4)29(13-18-6-8-19(26)12-21(18)27)23(30)14-32-22-9-7-17(15(2)3)11-20(22)25/h6-9,11-12,15-16H,5,10,13-14H2,1-4H3,(H,28,31). The van der Waals surface area contributed by atoms with Gasteiger partial charge in [0.05, 0.1) is 4.47 Å². The lowest BCUT2D eigenvalue weighted by molar-refractivity contribution is -0.142. The van der Waals surface area contributed by atoms with Crippen LogP contribution in [0.5, 0.6) is 5.75 Å². The van der Waals surface area contributed by atoms with E-state index in [1.165, 1.54) is 4.90 Å². The largest absolute Gasteiger partial charge is 0.483 e. The number of hydrogen-bond donors (Lipinski definition) is 1. The molecule has 0 fully saturated rings. The van der Waals surface area contributed by atoms with Crippen molar-refractivity contribution in [3.8, 4) is 5.75 Å². The minimum Gasteiger partial charge on any atom is -0.483 e. The molecule has 0 bridgehead atoms. The van der Waals surface area contributed by atoms with Gasteiger partial charge >= 0.3 is 0 Å². The second kappa shape index (κ2) is 12.5. The third kappa shape index (κ3) is 7.39. The molecule has 2 aromatic rings. The summed E-state index contributed by atoms with van der Waals surface area (Å²) in [6.07, 6.45) is 0.804. The van der Waals surface area contributed by atoms with Crippen LogP contribution in [0.25, 0.3) is 0 Å². The van der Waals surface area contributed by atoms with Crippen LogP contribution < -0.4 is 10.1 Å². The average molecular weight is 544 g/mol. The zero-order valence-corrected chi connectivity index (χ0v) is 21.9. The summed E-state index contributed by atoms with van der Waals surface area (Å²) in [5, 5.41) is 3.78. The van der Waals surface area contributed by atoms with E-state index in [1.807, 2.05) is 25.1 Å². The van der Waals surface area contributed by atoms with Crippen molar-refractivity contribution in [2.45, 2.75) is 52.6 Å². The Hall–Kier alpha value is -1.76. The second-order valence-corrected chi connectivity index (χ2v) is 9.56. The molecule has 1 N–H and O–H groups in total. The number of carbonyl (C=O) groups is 2. The summed E-state index contributed by atoms with van der Waals surface area (Å²) >= 11 is 15.8.